The molecule has 0 bridgehead atoms. The third-order valence-electron chi connectivity index (χ3n) is 19.1. The lowest BCUT2D eigenvalue weighted by Gasteiger charge is -2.22. The van der Waals surface area contributed by atoms with Crippen LogP contribution in [-0.4, -0.2) is 47.4 Å². The van der Waals surface area contributed by atoms with Gasteiger partial charge >= 0.3 is 5.97 Å². The average Bonchev–Trinajstić information content (AvgIpc) is 3.54. The number of aliphatic hydroxyl groups excluding tert-OH is 2. The molecular formula is C80H157NO5. The first-order valence-electron chi connectivity index (χ1n) is 39.9. The highest BCUT2D eigenvalue weighted by Gasteiger charge is 2.20. The first kappa shape index (κ1) is 84.6. The van der Waals surface area contributed by atoms with Gasteiger partial charge in [0, 0.05) is 12.8 Å². The van der Waals surface area contributed by atoms with E-state index >= 15 is 0 Å². The quantitative estimate of drug-likeness (QED) is 0.0320. The van der Waals surface area contributed by atoms with Crippen LogP contribution in [0.4, 0.5) is 0 Å². The predicted molar refractivity (Wildman–Crippen MR) is 380 cm³/mol. The minimum Gasteiger partial charge on any atom is -0.466 e. The van der Waals surface area contributed by atoms with Crippen LogP contribution < -0.4 is 5.32 Å². The zero-order valence-electron chi connectivity index (χ0n) is 58.8. The molecule has 6 heteroatoms. The third kappa shape index (κ3) is 71.7. The first-order chi connectivity index (χ1) is 42.5. The number of carbonyl (C=O) groups excluding carboxylic acids is 2. The molecule has 0 fully saturated rings. The number of rotatable bonds is 76. The molecule has 6 nitrogen and oxygen atoms in total. The molecule has 0 aliphatic heterocycles. The average molecular weight is 1210 g/mol. The molecule has 3 N–H and O–H groups in total. The summed E-state index contributed by atoms with van der Waals surface area (Å²) in [6.45, 7) is 5.01. The zero-order valence-corrected chi connectivity index (χ0v) is 58.8. The molecule has 0 saturated carbocycles. The lowest BCUT2D eigenvalue weighted by Crippen LogP contribution is -2.45. The Morgan fingerprint density at radius 1 is 0.314 bits per heavy atom. The van der Waals surface area contributed by atoms with E-state index in [2.05, 4.69) is 31.3 Å². The molecule has 0 aromatic carbocycles. The van der Waals surface area contributed by atoms with Crippen molar-refractivity contribution in [2.75, 3.05) is 13.2 Å². The van der Waals surface area contributed by atoms with Gasteiger partial charge in [0.05, 0.1) is 25.4 Å². The molecule has 0 spiro atoms. The molecule has 0 aliphatic rings. The standard InChI is InChI=1S/C80H157NO5/c1-3-5-7-9-11-13-15-17-44-48-52-56-60-64-68-72-78(83)77(76-82)81-79(84)73-69-65-61-57-53-49-46-42-40-38-36-34-32-30-28-26-24-22-20-19-21-23-25-27-29-31-33-35-37-39-41-43-47-51-55-59-63-67-71-75-86-80(85)74-70-66-62-58-54-50-45-18-16-14-12-10-8-6-4-2/h19-20,77-78,82-83H,3-18,21-76H2,1-2H3,(H,81,84)/b20-19-. The lowest BCUT2D eigenvalue weighted by atomic mass is 10.0. The molecular weight excluding hydrogens is 1050 g/mol. The maximum atomic E-state index is 12.5. The van der Waals surface area contributed by atoms with Gasteiger partial charge in [-0.15, -0.1) is 0 Å². The maximum Gasteiger partial charge on any atom is 0.305 e. The Bertz CT molecular complexity index is 1300. The maximum absolute atomic E-state index is 12.5. The van der Waals surface area contributed by atoms with E-state index in [9.17, 15) is 19.8 Å². The van der Waals surface area contributed by atoms with Gasteiger partial charge in [-0.1, -0.05) is 411 Å². The van der Waals surface area contributed by atoms with E-state index in [1.165, 1.54) is 392 Å². The number of ether oxygens (including phenoxy) is 1. The van der Waals surface area contributed by atoms with E-state index in [-0.39, 0.29) is 18.5 Å². The van der Waals surface area contributed by atoms with Crippen LogP contribution in [-0.2, 0) is 14.3 Å². The van der Waals surface area contributed by atoms with Crippen LogP contribution in [0.1, 0.15) is 463 Å². The van der Waals surface area contributed by atoms with Gasteiger partial charge in [0.15, 0.2) is 0 Å². The fraction of sp³-hybridized carbons (Fsp3) is 0.950. The summed E-state index contributed by atoms with van der Waals surface area (Å²) in [7, 11) is 0. The Morgan fingerprint density at radius 3 is 0.826 bits per heavy atom. The lowest BCUT2D eigenvalue weighted by molar-refractivity contribution is -0.143. The molecule has 0 aliphatic carbocycles. The summed E-state index contributed by atoms with van der Waals surface area (Å²) in [5.74, 6) is -0.000204. The Morgan fingerprint density at radius 2 is 0.547 bits per heavy atom. The second kappa shape index (κ2) is 76.1. The molecule has 0 radical (unpaired) electrons. The van der Waals surface area contributed by atoms with Gasteiger partial charge in [0.2, 0.25) is 5.91 Å². The van der Waals surface area contributed by atoms with Crippen LogP contribution in [0.3, 0.4) is 0 Å². The van der Waals surface area contributed by atoms with Gasteiger partial charge in [-0.05, 0) is 51.4 Å². The van der Waals surface area contributed by atoms with Crippen molar-refractivity contribution in [3.8, 4) is 0 Å². The second-order valence-corrected chi connectivity index (χ2v) is 27.8. The Hall–Kier alpha value is -1.40. The minimum absolute atomic E-state index is 0.0265. The summed E-state index contributed by atoms with van der Waals surface area (Å²) in [6.07, 6.45) is 96.1. The van der Waals surface area contributed by atoms with E-state index in [4.69, 9.17) is 4.74 Å². The predicted octanol–water partition coefficient (Wildman–Crippen LogP) is 26.3. The summed E-state index contributed by atoms with van der Waals surface area (Å²) >= 11 is 0. The molecule has 0 aromatic heterocycles. The molecule has 2 unspecified atom stereocenters. The van der Waals surface area contributed by atoms with Crippen LogP contribution in [0.2, 0.25) is 0 Å². The molecule has 2 atom stereocenters. The van der Waals surface area contributed by atoms with Gasteiger partial charge in [-0.2, -0.15) is 0 Å². The smallest absolute Gasteiger partial charge is 0.305 e. The number of hydrogen-bond donors (Lipinski definition) is 3. The van der Waals surface area contributed by atoms with E-state index in [0.717, 1.165) is 38.5 Å². The van der Waals surface area contributed by atoms with Gasteiger partial charge < -0.3 is 20.3 Å². The summed E-state index contributed by atoms with van der Waals surface area (Å²) in [4.78, 5) is 24.6. The molecule has 0 rings (SSSR count). The van der Waals surface area contributed by atoms with Crippen molar-refractivity contribution in [1.82, 2.24) is 5.32 Å². The van der Waals surface area contributed by atoms with Crippen molar-refractivity contribution in [3.63, 3.8) is 0 Å². The fourth-order valence-electron chi connectivity index (χ4n) is 13.0. The second-order valence-electron chi connectivity index (χ2n) is 27.8. The van der Waals surface area contributed by atoms with E-state index in [1.54, 1.807) is 0 Å². The van der Waals surface area contributed by atoms with Crippen LogP contribution in [0.25, 0.3) is 0 Å². The van der Waals surface area contributed by atoms with Crippen molar-refractivity contribution in [3.05, 3.63) is 12.2 Å². The van der Waals surface area contributed by atoms with Crippen molar-refractivity contribution >= 4 is 11.9 Å². The van der Waals surface area contributed by atoms with E-state index in [0.29, 0.717) is 25.9 Å². The van der Waals surface area contributed by atoms with Gasteiger partial charge in [0.1, 0.15) is 0 Å². The van der Waals surface area contributed by atoms with Gasteiger partial charge in [-0.3, -0.25) is 9.59 Å². The van der Waals surface area contributed by atoms with Crippen LogP contribution in [0.5, 0.6) is 0 Å². The Kier molecular flexibility index (Phi) is 74.8. The first-order valence-corrected chi connectivity index (χ1v) is 39.9. The number of amides is 1. The van der Waals surface area contributed by atoms with Gasteiger partial charge in [-0.25, -0.2) is 0 Å². The zero-order chi connectivity index (χ0) is 62.0. The molecule has 1 amide bonds. The van der Waals surface area contributed by atoms with Crippen LogP contribution in [0, 0.1) is 0 Å². The molecule has 512 valence electrons. The number of carbonyl (C=O) groups is 2. The number of hydrogen-bond acceptors (Lipinski definition) is 5. The highest BCUT2D eigenvalue weighted by molar-refractivity contribution is 5.76. The molecule has 0 saturated heterocycles. The topological polar surface area (TPSA) is 95.9 Å². The van der Waals surface area contributed by atoms with E-state index in [1.807, 2.05) is 0 Å². The summed E-state index contributed by atoms with van der Waals surface area (Å²) in [5, 5.41) is 23.4. The number of aliphatic hydroxyl groups is 2. The molecule has 0 heterocycles. The van der Waals surface area contributed by atoms with Gasteiger partial charge in [0.25, 0.3) is 0 Å². The largest absolute Gasteiger partial charge is 0.466 e. The Balaban J connectivity index is 3.30. The van der Waals surface area contributed by atoms with Crippen LogP contribution in [0.15, 0.2) is 12.2 Å². The minimum atomic E-state index is -0.660. The number of unbranched alkanes of at least 4 members (excludes halogenated alkanes) is 63. The Labute approximate surface area is 539 Å². The summed E-state index contributed by atoms with van der Waals surface area (Å²) in [6, 6.07) is -0.537. The van der Waals surface area contributed by atoms with Crippen molar-refractivity contribution in [1.29, 1.82) is 0 Å². The van der Waals surface area contributed by atoms with Crippen molar-refractivity contribution in [2.45, 2.75) is 475 Å². The number of nitrogens with one attached hydrogen (secondary N) is 1. The van der Waals surface area contributed by atoms with Crippen molar-refractivity contribution in [2.24, 2.45) is 0 Å². The summed E-state index contributed by atoms with van der Waals surface area (Å²) in [5.41, 5.74) is 0. The molecule has 0 aromatic rings. The highest BCUT2D eigenvalue weighted by atomic mass is 16.5. The van der Waals surface area contributed by atoms with Crippen molar-refractivity contribution < 1.29 is 24.5 Å². The number of esters is 1. The highest BCUT2D eigenvalue weighted by Crippen LogP contribution is 2.20. The van der Waals surface area contributed by atoms with Crippen LogP contribution >= 0.6 is 0 Å². The number of allylic oxidation sites excluding steroid dienone is 2. The monoisotopic (exact) mass is 1210 g/mol. The normalized spacial score (nSPS) is 12.5. The summed E-state index contributed by atoms with van der Waals surface area (Å²) < 4.78 is 5.51. The van der Waals surface area contributed by atoms with E-state index < -0.39 is 12.1 Å². The SMILES string of the molecule is CCCCCCCCCCCCCCCCCC(=O)OCCCCCCCCCCCCCCCCCCCC/C=C\CCCCCCCCCCCCCCCCCCCC(=O)NC(CO)C(O)CCCCCCCCCCCCCCCCC. The third-order valence-corrected chi connectivity index (χ3v) is 19.1. The molecule has 86 heavy (non-hydrogen) atoms. The fourth-order valence-corrected chi connectivity index (χ4v) is 13.0.